The van der Waals surface area contributed by atoms with Crippen molar-refractivity contribution in [1.82, 2.24) is 14.7 Å². The van der Waals surface area contributed by atoms with Crippen LogP contribution in [0.4, 0.5) is 0 Å². The summed E-state index contributed by atoms with van der Waals surface area (Å²) in [6.07, 6.45) is 3.81. The Bertz CT molecular complexity index is 1060. The second kappa shape index (κ2) is 7.42. The molecule has 7 heteroatoms. The largest absolute Gasteiger partial charge is 0.296 e. The number of hydrogen-bond donors (Lipinski definition) is 0. The van der Waals surface area contributed by atoms with Crippen LogP contribution in [0.25, 0.3) is 23.0 Å². The van der Waals surface area contributed by atoms with E-state index in [9.17, 15) is 4.79 Å². The van der Waals surface area contributed by atoms with Gasteiger partial charge in [-0.3, -0.25) is 9.69 Å². The standard InChI is InChI=1S/C20H14BrN3OS2/c1-23-19(25)17(27-20(23)26)11-14-12-24(16-5-3-2-4-6-16)22-18(14)13-7-9-15(21)10-8-13/h2-12H,1H3/b17-11-. The monoisotopic (exact) mass is 455 g/mol. The molecule has 4 nitrogen and oxygen atoms in total. The minimum Gasteiger partial charge on any atom is -0.296 e. The second-order valence-electron chi connectivity index (χ2n) is 5.96. The molecule has 1 amide bonds. The van der Waals surface area contributed by atoms with E-state index < -0.39 is 0 Å². The van der Waals surface area contributed by atoms with Crippen molar-refractivity contribution in [1.29, 1.82) is 0 Å². The molecule has 0 bridgehead atoms. The van der Waals surface area contributed by atoms with Crippen LogP contribution in [0.2, 0.25) is 0 Å². The first-order valence-electron chi connectivity index (χ1n) is 8.15. The van der Waals surface area contributed by atoms with Crippen molar-refractivity contribution in [2.75, 3.05) is 7.05 Å². The van der Waals surface area contributed by atoms with Crippen LogP contribution in [0, 0.1) is 0 Å². The molecule has 2 aromatic carbocycles. The molecule has 1 aliphatic rings. The quantitative estimate of drug-likeness (QED) is 0.405. The highest BCUT2D eigenvalue weighted by Crippen LogP contribution is 2.34. The Morgan fingerprint density at radius 2 is 1.81 bits per heavy atom. The van der Waals surface area contributed by atoms with Crippen LogP contribution in [0.5, 0.6) is 0 Å². The lowest BCUT2D eigenvalue weighted by Crippen LogP contribution is -2.22. The molecule has 1 aromatic heterocycles. The average molecular weight is 456 g/mol. The number of carbonyl (C=O) groups excluding carboxylic acids is 1. The highest BCUT2D eigenvalue weighted by atomic mass is 79.9. The fourth-order valence-corrected chi connectivity index (χ4v) is 4.16. The van der Waals surface area contributed by atoms with E-state index in [1.165, 1.54) is 16.7 Å². The molecule has 1 fully saturated rings. The van der Waals surface area contributed by atoms with Gasteiger partial charge in [-0.15, -0.1) is 0 Å². The molecule has 3 aromatic rings. The van der Waals surface area contributed by atoms with E-state index in [0.717, 1.165) is 27.0 Å². The second-order valence-corrected chi connectivity index (χ2v) is 8.55. The van der Waals surface area contributed by atoms with E-state index in [-0.39, 0.29) is 5.91 Å². The molecule has 0 spiro atoms. The smallest absolute Gasteiger partial charge is 0.265 e. The maximum Gasteiger partial charge on any atom is 0.265 e. The van der Waals surface area contributed by atoms with E-state index in [1.807, 2.05) is 71.6 Å². The summed E-state index contributed by atoms with van der Waals surface area (Å²) in [5.41, 5.74) is 3.62. The summed E-state index contributed by atoms with van der Waals surface area (Å²) in [6, 6.07) is 17.9. The number of hydrogen-bond acceptors (Lipinski definition) is 4. The molecule has 0 saturated carbocycles. The SMILES string of the molecule is CN1C(=O)/C(=C/c2cn(-c3ccccc3)nc2-c2ccc(Br)cc2)SC1=S. The molecule has 1 aliphatic heterocycles. The molecule has 0 unspecified atom stereocenters. The molecule has 27 heavy (non-hydrogen) atoms. The van der Waals surface area contributed by atoms with Gasteiger partial charge in [0, 0.05) is 28.8 Å². The summed E-state index contributed by atoms with van der Waals surface area (Å²) in [5, 5.41) is 4.78. The predicted molar refractivity (Wildman–Crippen MR) is 118 cm³/mol. The molecule has 2 heterocycles. The van der Waals surface area contributed by atoms with Crippen LogP contribution >= 0.6 is 39.9 Å². The number of likely N-dealkylation sites (N-methyl/N-ethyl adjacent to an activating group) is 1. The number of rotatable bonds is 3. The van der Waals surface area contributed by atoms with Crippen molar-refractivity contribution in [2.24, 2.45) is 0 Å². The van der Waals surface area contributed by atoms with E-state index in [0.29, 0.717) is 9.23 Å². The van der Waals surface area contributed by atoms with Crippen LogP contribution in [0.15, 0.2) is 70.2 Å². The zero-order valence-corrected chi connectivity index (χ0v) is 17.5. The highest BCUT2D eigenvalue weighted by Gasteiger charge is 2.29. The Morgan fingerprint density at radius 3 is 2.44 bits per heavy atom. The number of carbonyl (C=O) groups is 1. The van der Waals surface area contributed by atoms with Gasteiger partial charge >= 0.3 is 0 Å². The molecule has 134 valence electrons. The maximum absolute atomic E-state index is 12.4. The van der Waals surface area contributed by atoms with Gasteiger partial charge in [-0.2, -0.15) is 5.10 Å². The van der Waals surface area contributed by atoms with Crippen LogP contribution in [-0.2, 0) is 4.79 Å². The number of nitrogens with zero attached hydrogens (tertiary/aromatic N) is 3. The molecule has 0 aliphatic carbocycles. The third-order valence-electron chi connectivity index (χ3n) is 4.15. The summed E-state index contributed by atoms with van der Waals surface area (Å²) in [5.74, 6) is -0.0841. The summed E-state index contributed by atoms with van der Waals surface area (Å²) >= 11 is 10.0. The maximum atomic E-state index is 12.4. The van der Waals surface area contributed by atoms with Gasteiger partial charge < -0.3 is 0 Å². The molecular formula is C20H14BrN3OS2. The van der Waals surface area contributed by atoms with E-state index in [4.69, 9.17) is 17.3 Å². The lowest BCUT2D eigenvalue weighted by atomic mass is 10.1. The third kappa shape index (κ3) is 3.63. The molecule has 1 saturated heterocycles. The number of amides is 1. The van der Waals surface area contributed by atoms with Crippen molar-refractivity contribution in [3.8, 4) is 16.9 Å². The number of para-hydroxylation sites is 1. The van der Waals surface area contributed by atoms with Gasteiger partial charge in [-0.25, -0.2) is 4.68 Å². The zero-order valence-electron chi connectivity index (χ0n) is 14.3. The molecule has 0 atom stereocenters. The van der Waals surface area contributed by atoms with Gasteiger partial charge in [0.05, 0.1) is 16.3 Å². The number of halogens is 1. The Kier molecular flexibility index (Phi) is 4.99. The van der Waals surface area contributed by atoms with Crippen LogP contribution in [0.3, 0.4) is 0 Å². The van der Waals surface area contributed by atoms with Gasteiger partial charge in [0.25, 0.3) is 5.91 Å². The van der Waals surface area contributed by atoms with Gasteiger partial charge in [-0.05, 0) is 30.3 Å². The van der Waals surface area contributed by atoms with E-state index >= 15 is 0 Å². The first kappa shape index (κ1) is 18.2. The topological polar surface area (TPSA) is 38.1 Å². The fourth-order valence-electron chi connectivity index (χ4n) is 2.72. The molecular weight excluding hydrogens is 442 g/mol. The first-order valence-corrected chi connectivity index (χ1v) is 10.2. The number of aromatic nitrogens is 2. The van der Waals surface area contributed by atoms with Crippen LogP contribution in [0.1, 0.15) is 5.56 Å². The molecule has 4 rings (SSSR count). The zero-order chi connectivity index (χ0) is 19.0. The lowest BCUT2D eigenvalue weighted by molar-refractivity contribution is -0.121. The number of thiocarbonyl (C=S) groups is 1. The van der Waals surface area contributed by atoms with Gasteiger partial charge in [0.2, 0.25) is 0 Å². The Labute approximate surface area is 175 Å². The summed E-state index contributed by atoms with van der Waals surface area (Å²) in [7, 11) is 1.70. The third-order valence-corrected chi connectivity index (χ3v) is 6.17. The Balaban J connectivity index is 1.84. The Morgan fingerprint density at radius 1 is 1.11 bits per heavy atom. The minimum atomic E-state index is -0.0841. The average Bonchev–Trinajstić information content (AvgIpc) is 3.20. The van der Waals surface area contributed by atoms with Crippen molar-refractivity contribution < 1.29 is 4.79 Å². The minimum absolute atomic E-state index is 0.0841. The predicted octanol–water partition coefficient (Wildman–Crippen LogP) is 5.13. The van der Waals surface area contributed by atoms with E-state index in [1.54, 1.807) is 7.05 Å². The molecule has 0 radical (unpaired) electrons. The first-order chi connectivity index (χ1) is 13.0. The highest BCUT2D eigenvalue weighted by molar-refractivity contribution is 9.10. The van der Waals surface area contributed by atoms with Crippen molar-refractivity contribution >= 4 is 56.2 Å². The van der Waals surface area contributed by atoms with Crippen LogP contribution < -0.4 is 0 Å². The van der Waals surface area contributed by atoms with Gasteiger partial charge in [0.1, 0.15) is 4.32 Å². The fraction of sp³-hybridized carbons (Fsp3) is 0.0500. The van der Waals surface area contributed by atoms with Gasteiger partial charge in [0.15, 0.2) is 0 Å². The molecule has 0 N–H and O–H groups in total. The summed E-state index contributed by atoms with van der Waals surface area (Å²) < 4.78 is 3.39. The lowest BCUT2D eigenvalue weighted by Gasteiger charge is -2.03. The normalized spacial score (nSPS) is 15.8. The van der Waals surface area contributed by atoms with Crippen molar-refractivity contribution in [3.63, 3.8) is 0 Å². The summed E-state index contributed by atoms with van der Waals surface area (Å²) in [6.45, 7) is 0. The van der Waals surface area contributed by atoms with Crippen molar-refractivity contribution in [2.45, 2.75) is 0 Å². The Hall–Kier alpha value is -2.22. The van der Waals surface area contributed by atoms with E-state index in [2.05, 4.69) is 15.9 Å². The van der Waals surface area contributed by atoms with Crippen LogP contribution in [-0.4, -0.2) is 32.0 Å². The summed E-state index contributed by atoms with van der Waals surface area (Å²) in [4.78, 5) is 14.5. The van der Waals surface area contributed by atoms with Gasteiger partial charge in [-0.1, -0.05) is 70.2 Å². The van der Waals surface area contributed by atoms with Crippen molar-refractivity contribution in [3.05, 3.63) is 75.7 Å². The number of benzene rings is 2. The number of thioether (sulfide) groups is 1.